The highest BCUT2D eigenvalue weighted by Crippen LogP contribution is 2.29. The van der Waals surface area contributed by atoms with Crippen LogP contribution in [0.25, 0.3) is 11.0 Å². The Bertz CT molecular complexity index is 965. The molecule has 0 unspecified atom stereocenters. The number of fused-ring (bicyclic) bond motifs is 1. The smallest absolute Gasteiger partial charge is 0.362 e. The molecule has 1 heterocycles. The highest BCUT2D eigenvalue weighted by Gasteiger charge is 2.17. The fourth-order valence-corrected chi connectivity index (χ4v) is 2.75. The van der Waals surface area contributed by atoms with E-state index in [1.54, 1.807) is 36.4 Å². The Morgan fingerprint density at radius 1 is 1.08 bits per heavy atom. The van der Waals surface area contributed by atoms with Gasteiger partial charge >= 0.3 is 5.63 Å². The third kappa shape index (κ3) is 3.74. The van der Waals surface area contributed by atoms with Crippen LogP contribution in [0, 0.1) is 0 Å². The number of para-hydroxylation sites is 1. The molecule has 0 fully saturated rings. The molecule has 0 aliphatic carbocycles. The van der Waals surface area contributed by atoms with Crippen molar-refractivity contribution in [2.75, 3.05) is 17.2 Å². The molecule has 0 saturated carbocycles. The maximum Gasteiger partial charge on any atom is 0.362 e. The van der Waals surface area contributed by atoms with Crippen LogP contribution < -0.4 is 16.3 Å². The molecule has 0 saturated heterocycles. The summed E-state index contributed by atoms with van der Waals surface area (Å²) in [7, 11) is 0. The summed E-state index contributed by atoms with van der Waals surface area (Å²) >= 11 is 3.33. The van der Waals surface area contributed by atoms with Crippen LogP contribution in [0.3, 0.4) is 0 Å². The summed E-state index contributed by atoms with van der Waals surface area (Å²) in [4.78, 5) is 24.9. The molecule has 0 aliphatic heterocycles. The lowest BCUT2D eigenvalue weighted by molar-refractivity contribution is 0.102. The molecular weight excluding hydrogens is 384 g/mol. The lowest BCUT2D eigenvalue weighted by Gasteiger charge is -2.14. The van der Waals surface area contributed by atoms with E-state index in [2.05, 4.69) is 26.6 Å². The average Bonchev–Trinajstić information content (AvgIpc) is 2.62. The van der Waals surface area contributed by atoms with E-state index in [4.69, 9.17) is 4.42 Å². The van der Waals surface area contributed by atoms with Gasteiger partial charge in [-0.1, -0.05) is 35.0 Å². The van der Waals surface area contributed by atoms with Gasteiger partial charge in [-0.25, -0.2) is 4.79 Å². The largest absolute Gasteiger partial charge is 0.421 e. The summed E-state index contributed by atoms with van der Waals surface area (Å²) in [5.41, 5.74) is 1.06. The monoisotopic (exact) mass is 400 g/mol. The highest BCUT2D eigenvalue weighted by atomic mass is 79.9. The fourth-order valence-electron chi connectivity index (χ4n) is 2.48. The SMILES string of the molecule is CCCNc1c(NC(=O)c2ccc(Br)cc2)c(=O)oc2ccccc12. The quantitative estimate of drug-likeness (QED) is 0.612. The first-order chi connectivity index (χ1) is 12.1. The van der Waals surface area contributed by atoms with Gasteiger partial charge in [0.2, 0.25) is 0 Å². The van der Waals surface area contributed by atoms with E-state index in [0.29, 0.717) is 23.4 Å². The summed E-state index contributed by atoms with van der Waals surface area (Å²) in [6.45, 7) is 2.70. The van der Waals surface area contributed by atoms with Crippen molar-refractivity contribution >= 4 is 44.2 Å². The second-order valence-electron chi connectivity index (χ2n) is 5.52. The Hall–Kier alpha value is -2.60. The average molecular weight is 401 g/mol. The van der Waals surface area contributed by atoms with Gasteiger partial charge in [0.05, 0.1) is 5.69 Å². The van der Waals surface area contributed by atoms with Crippen molar-refractivity contribution in [1.82, 2.24) is 0 Å². The van der Waals surface area contributed by atoms with Gasteiger partial charge in [-0.2, -0.15) is 0 Å². The van der Waals surface area contributed by atoms with Crippen LogP contribution in [-0.2, 0) is 0 Å². The summed E-state index contributed by atoms with van der Waals surface area (Å²) in [6, 6.07) is 14.2. The van der Waals surface area contributed by atoms with Crippen molar-refractivity contribution < 1.29 is 9.21 Å². The zero-order valence-electron chi connectivity index (χ0n) is 13.6. The number of hydrogen-bond donors (Lipinski definition) is 2. The summed E-state index contributed by atoms with van der Waals surface area (Å²) in [6.07, 6.45) is 0.884. The van der Waals surface area contributed by atoms with E-state index in [0.717, 1.165) is 16.3 Å². The first kappa shape index (κ1) is 17.2. The van der Waals surface area contributed by atoms with E-state index in [1.807, 2.05) is 19.1 Å². The van der Waals surface area contributed by atoms with E-state index in [-0.39, 0.29) is 11.6 Å². The molecular formula is C19H17BrN2O3. The second kappa shape index (κ2) is 7.53. The number of amides is 1. The van der Waals surface area contributed by atoms with Crippen LogP contribution in [0.1, 0.15) is 23.7 Å². The Kier molecular flexibility index (Phi) is 5.19. The van der Waals surface area contributed by atoms with Crippen LogP contribution in [-0.4, -0.2) is 12.5 Å². The Balaban J connectivity index is 2.04. The summed E-state index contributed by atoms with van der Waals surface area (Å²) in [5, 5.41) is 6.67. The molecule has 6 heteroatoms. The Morgan fingerprint density at radius 3 is 2.52 bits per heavy atom. The molecule has 2 aromatic carbocycles. The molecule has 0 bridgehead atoms. The molecule has 0 aliphatic rings. The second-order valence-corrected chi connectivity index (χ2v) is 6.44. The van der Waals surface area contributed by atoms with Gasteiger partial charge in [-0.3, -0.25) is 4.79 Å². The number of rotatable bonds is 5. The third-order valence-corrected chi connectivity index (χ3v) is 4.24. The van der Waals surface area contributed by atoms with Gasteiger partial charge in [0, 0.05) is 22.0 Å². The summed E-state index contributed by atoms with van der Waals surface area (Å²) < 4.78 is 6.23. The first-order valence-corrected chi connectivity index (χ1v) is 8.76. The number of nitrogens with one attached hydrogen (secondary N) is 2. The number of anilines is 2. The maximum atomic E-state index is 12.5. The van der Waals surface area contributed by atoms with Crippen molar-refractivity contribution in [1.29, 1.82) is 0 Å². The Labute approximate surface area is 153 Å². The normalized spacial score (nSPS) is 10.6. The van der Waals surface area contributed by atoms with Gasteiger partial charge in [0.1, 0.15) is 5.58 Å². The van der Waals surface area contributed by atoms with Crippen molar-refractivity contribution in [2.24, 2.45) is 0 Å². The number of halogens is 1. The zero-order chi connectivity index (χ0) is 17.8. The van der Waals surface area contributed by atoms with Gasteiger partial charge in [0.15, 0.2) is 5.69 Å². The van der Waals surface area contributed by atoms with Gasteiger partial charge in [0.25, 0.3) is 5.91 Å². The molecule has 0 spiro atoms. The van der Waals surface area contributed by atoms with Crippen molar-refractivity contribution in [2.45, 2.75) is 13.3 Å². The van der Waals surface area contributed by atoms with E-state index in [9.17, 15) is 9.59 Å². The molecule has 1 aromatic heterocycles. The zero-order valence-corrected chi connectivity index (χ0v) is 15.2. The minimum absolute atomic E-state index is 0.125. The van der Waals surface area contributed by atoms with E-state index in [1.165, 1.54) is 0 Å². The number of benzene rings is 2. The number of carbonyl (C=O) groups excluding carboxylic acids is 1. The highest BCUT2D eigenvalue weighted by molar-refractivity contribution is 9.10. The predicted octanol–water partition coefficient (Wildman–Crippen LogP) is 4.63. The molecule has 0 radical (unpaired) electrons. The van der Waals surface area contributed by atoms with Crippen LogP contribution >= 0.6 is 15.9 Å². The number of hydrogen-bond acceptors (Lipinski definition) is 4. The lowest BCUT2D eigenvalue weighted by atomic mass is 10.1. The molecule has 2 N–H and O–H groups in total. The molecule has 5 nitrogen and oxygen atoms in total. The standard InChI is InChI=1S/C19H17BrN2O3/c1-2-11-21-16-14-5-3-4-6-15(14)25-19(24)17(16)22-18(23)12-7-9-13(20)10-8-12/h3-10,21H,2,11H2,1H3,(H,22,23). The first-order valence-electron chi connectivity index (χ1n) is 7.96. The van der Waals surface area contributed by atoms with Crippen LogP contribution in [0.15, 0.2) is 62.2 Å². The molecule has 25 heavy (non-hydrogen) atoms. The topological polar surface area (TPSA) is 71.3 Å². The van der Waals surface area contributed by atoms with Crippen LogP contribution in [0.5, 0.6) is 0 Å². The van der Waals surface area contributed by atoms with Gasteiger partial charge in [-0.15, -0.1) is 0 Å². The summed E-state index contributed by atoms with van der Waals surface area (Å²) in [5.74, 6) is -0.366. The van der Waals surface area contributed by atoms with E-state index < -0.39 is 5.63 Å². The van der Waals surface area contributed by atoms with Crippen LogP contribution in [0.4, 0.5) is 11.4 Å². The predicted molar refractivity (Wildman–Crippen MR) is 103 cm³/mol. The lowest BCUT2D eigenvalue weighted by Crippen LogP contribution is -2.20. The molecule has 3 aromatic rings. The van der Waals surface area contributed by atoms with Gasteiger partial charge in [-0.05, 0) is 42.8 Å². The van der Waals surface area contributed by atoms with E-state index >= 15 is 0 Å². The van der Waals surface area contributed by atoms with Crippen molar-refractivity contribution in [3.05, 3.63) is 69.0 Å². The number of carbonyl (C=O) groups is 1. The molecule has 3 rings (SSSR count). The molecule has 128 valence electrons. The van der Waals surface area contributed by atoms with Gasteiger partial charge < -0.3 is 15.1 Å². The molecule has 1 amide bonds. The Morgan fingerprint density at radius 2 is 1.80 bits per heavy atom. The van der Waals surface area contributed by atoms with Crippen molar-refractivity contribution in [3.63, 3.8) is 0 Å². The maximum absolute atomic E-state index is 12.5. The third-order valence-electron chi connectivity index (χ3n) is 3.71. The van der Waals surface area contributed by atoms with Crippen LogP contribution in [0.2, 0.25) is 0 Å². The fraction of sp³-hybridized carbons (Fsp3) is 0.158. The molecule has 0 atom stereocenters. The van der Waals surface area contributed by atoms with Crippen molar-refractivity contribution in [3.8, 4) is 0 Å². The minimum Gasteiger partial charge on any atom is -0.421 e. The minimum atomic E-state index is -0.581.